The number of aliphatic hydroxyl groups is 1. The van der Waals surface area contributed by atoms with Crippen LogP contribution in [0.5, 0.6) is 0 Å². The molecule has 21 heavy (non-hydrogen) atoms. The molecule has 0 radical (unpaired) electrons. The molecule has 1 N–H and O–H groups in total. The van der Waals surface area contributed by atoms with Crippen molar-refractivity contribution in [3.63, 3.8) is 0 Å². The van der Waals surface area contributed by atoms with Gasteiger partial charge in [-0.25, -0.2) is 0 Å². The Morgan fingerprint density at radius 3 is 2.81 bits per heavy atom. The van der Waals surface area contributed by atoms with Crippen LogP contribution in [0, 0.1) is 0 Å². The monoisotopic (exact) mass is 290 g/mol. The number of carbonyl (C=O) groups excluding carboxylic acids is 1. The number of rotatable bonds is 6. The van der Waals surface area contributed by atoms with E-state index in [0.717, 1.165) is 5.56 Å². The topological polar surface area (TPSA) is 75.8 Å². The summed E-state index contributed by atoms with van der Waals surface area (Å²) in [4.78, 5) is 13.5. The lowest BCUT2D eigenvalue weighted by Gasteiger charge is -2.18. The molecule has 0 aliphatic heterocycles. The maximum absolute atomic E-state index is 12.2. The van der Waals surface area contributed by atoms with Crippen LogP contribution in [0.25, 0.3) is 11.3 Å². The molecule has 2 aromatic rings. The van der Waals surface area contributed by atoms with E-state index in [9.17, 15) is 9.90 Å². The van der Waals surface area contributed by atoms with Crippen LogP contribution in [0.15, 0.2) is 40.9 Å². The smallest absolute Gasteiger partial charge is 0.292 e. The van der Waals surface area contributed by atoms with Crippen molar-refractivity contribution in [2.75, 3.05) is 27.3 Å². The number of hydrogen-bond acceptors (Lipinski definition) is 5. The Morgan fingerprint density at radius 2 is 2.14 bits per heavy atom. The van der Waals surface area contributed by atoms with Crippen molar-refractivity contribution < 1.29 is 19.2 Å². The molecule has 6 heteroatoms. The fourth-order valence-electron chi connectivity index (χ4n) is 1.95. The third-order valence-electron chi connectivity index (χ3n) is 2.98. The molecule has 0 spiro atoms. The third kappa shape index (κ3) is 3.90. The third-order valence-corrected chi connectivity index (χ3v) is 2.98. The molecular formula is C15H18N2O4. The van der Waals surface area contributed by atoms with E-state index in [-0.39, 0.29) is 24.8 Å². The summed E-state index contributed by atoms with van der Waals surface area (Å²) in [5.74, 6) is -0.194. The van der Waals surface area contributed by atoms with Crippen molar-refractivity contribution in [1.29, 1.82) is 0 Å². The molecule has 1 unspecified atom stereocenters. The van der Waals surface area contributed by atoms with Crippen molar-refractivity contribution in [3.8, 4) is 11.3 Å². The van der Waals surface area contributed by atoms with Gasteiger partial charge in [-0.2, -0.15) is 0 Å². The Bertz CT molecular complexity index is 582. The van der Waals surface area contributed by atoms with Crippen molar-refractivity contribution in [2.45, 2.75) is 6.10 Å². The van der Waals surface area contributed by atoms with E-state index in [4.69, 9.17) is 9.26 Å². The summed E-state index contributed by atoms with van der Waals surface area (Å²) in [5.41, 5.74) is 1.48. The molecule has 2 rings (SSSR count). The molecule has 0 aliphatic carbocycles. The Hall–Kier alpha value is -2.18. The molecule has 0 bridgehead atoms. The largest absolute Gasteiger partial charge is 0.389 e. The van der Waals surface area contributed by atoms with Gasteiger partial charge >= 0.3 is 0 Å². The highest BCUT2D eigenvalue weighted by molar-refractivity contribution is 5.92. The normalized spacial score (nSPS) is 12.1. The highest BCUT2D eigenvalue weighted by atomic mass is 16.5. The molecule has 1 aromatic carbocycles. The standard InChI is InChI=1S/C15H18N2O4/c1-17(9-12(18)10-20-2)15(19)14-8-13(16-21-14)11-6-4-3-5-7-11/h3-8,12,18H,9-10H2,1-2H3. The lowest BCUT2D eigenvalue weighted by molar-refractivity contribution is 0.0364. The summed E-state index contributed by atoms with van der Waals surface area (Å²) < 4.78 is 9.92. The van der Waals surface area contributed by atoms with Gasteiger partial charge in [0.15, 0.2) is 0 Å². The van der Waals surface area contributed by atoms with Crippen molar-refractivity contribution in [1.82, 2.24) is 10.1 Å². The number of nitrogens with zero attached hydrogens (tertiary/aromatic N) is 2. The summed E-state index contributed by atoms with van der Waals surface area (Å²) >= 11 is 0. The van der Waals surface area contributed by atoms with E-state index < -0.39 is 6.10 Å². The Balaban J connectivity index is 2.05. The maximum Gasteiger partial charge on any atom is 0.292 e. The van der Waals surface area contributed by atoms with Crippen LogP contribution >= 0.6 is 0 Å². The SMILES string of the molecule is COCC(O)CN(C)C(=O)c1cc(-c2ccccc2)no1. The lowest BCUT2D eigenvalue weighted by atomic mass is 10.1. The van der Waals surface area contributed by atoms with Gasteiger partial charge in [0.05, 0.1) is 12.7 Å². The molecule has 1 heterocycles. The Morgan fingerprint density at radius 1 is 1.43 bits per heavy atom. The second-order valence-electron chi connectivity index (χ2n) is 4.74. The molecule has 6 nitrogen and oxygen atoms in total. The molecule has 0 saturated carbocycles. The number of aromatic nitrogens is 1. The highest BCUT2D eigenvalue weighted by Gasteiger charge is 2.20. The first kappa shape index (κ1) is 15.2. The molecular weight excluding hydrogens is 272 g/mol. The molecule has 1 atom stereocenters. The quantitative estimate of drug-likeness (QED) is 0.870. The lowest BCUT2D eigenvalue weighted by Crippen LogP contribution is -2.36. The number of methoxy groups -OCH3 is 1. The van der Waals surface area contributed by atoms with E-state index in [2.05, 4.69) is 5.16 Å². The average Bonchev–Trinajstić information content (AvgIpc) is 2.97. The number of carbonyl (C=O) groups is 1. The number of hydrogen-bond donors (Lipinski definition) is 1. The number of ether oxygens (including phenoxy) is 1. The minimum Gasteiger partial charge on any atom is -0.389 e. The average molecular weight is 290 g/mol. The van der Waals surface area contributed by atoms with E-state index in [1.165, 1.54) is 12.0 Å². The first-order valence-electron chi connectivity index (χ1n) is 6.56. The zero-order chi connectivity index (χ0) is 15.2. The molecule has 0 aliphatic rings. The van der Waals surface area contributed by atoms with Crippen molar-refractivity contribution in [3.05, 3.63) is 42.2 Å². The number of benzene rings is 1. The van der Waals surface area contributed by atoms with Crippen LogP contribution in [0.1, 0.15) is 10.6 Å². The molecule has 1 aromatic heterocycles. The van der Waals surface area contributed by atoms with E-state index in [0.29, 0.717) is 5.69 Å². The summed E-state index contributed by atoms with van der Waals surface area (Å²) in [5, 5.41) is 13.5. The number of likely N-dealkylation sites (N-methyl/N-ethyl adjacent to an activating group) is 1. The van der Waals surface area contributed by atoms with Crippen LogP contribution in [-0.4, -0.2) is 54.5 Å². The predicted molar refractivity (Wildman–Crippen MR) is 76.8 cm³/mol. The van der Waals surface area contributed by atoms with E-state index in [1.54, 1.807) is 13.1 Å². The first-order chi connectivity index (χ1) is 10.1. The van der Waals surface area contributed by atoms with Crippen LogP contribution in [0.3, 0.4) is 0 Å². The van der Waals surface area contributed by atoms with Crippen molar-refractivity contribution in [2.24, 2.45) is 0 Å². The van der Waals surface area contributed by atoms with Gasteiger partial charge in [0.25, 0.3) is 5.91 Å². The molecule has 1 amide bonds. The van der Waals surface area contributed by atoms with E-state index >= 15 is 0 Å². The van der Waals surface area contributed by atoms with Crippen molar-refractivity contribution >= 4 is 5.91 Å². The summed E-state index contributed by atoms with van der Waals surface area (Å²) in [6, 6.07) is 11.0. The van der Waals surface area contributed by atoms with Crippen LogP contribution in [0.4, 0.5) is 0 Å². The summed E-state index contributed by atoms with van der Waals surface area (Å²) in [7, 11) is 3.08. The number of amides is 1. The minimum atomic E-state index is -0.736. The minimum absolute atomic E-state index is 0.140. The molecule has 0 saturated heterocycles. The van der Waals surface area contributed by atoms with Gasteiger partial charge in [0.1, 0.15) is 5.69 Å². The highest BCUT2D eigenvalue weighted by Crippen LogP contribution is 2.19. The van der Waals surface area contributed by atoms with Gasteiger partial charge in [-0.1, -0.05) is 35.5 Å². The zero-order valence-corrected chi connectivity index (χ0v) is 12.0. The van der Waals surface area contributed by atoms with Gasteiger partial charge in [-0.3, -0.25) is 4.79 Å². The fraction of sp³-hybridized carbons (Fsp3) is 0.333. The number of aliphatic hydroxyl groups excluding tert-OH is 1. The fourth-order valence-corrected chi connectivity index (χ4v) is 1.95. The van der Waals surface area contributed by atoms with Gasteiger partial charge in [-0.15, -0.1) is 0 Å². The summed E-state index contributed by atoms with van der Waals surface area (Å²) in [6.45, 7) is 0.331. The van der Waals surface area contributed by atoms with Gasteiger partial charge in [-0.05, 0) is 0 Å². The molecule has 112 valence electrons. The molecule has 0 fully saturated rings. The van der Waals surface area contributed by atoms with Gasteiger partial charge < -0.3 is 19.3 Å². The van der Waals surface area contributed by atoms with Crippen LogP contribution in [-0.2, 0) is 4.74 Å². The second kappa shape index (κ2) is 7.01. The predicted octanol–water partition coefficient (Wildman–Crippen LogP) is 1.42. The van der Waals surface area contributed by atoms with Gasteiger partial charge in [0.2, 0.25) is 5.76 Å². The van der Waals surface area contributed by atoms with Crippen LogP contribution in [0.2, 0.25) is 0 Å². The Kier molecular flexibility index (Phi) is 5.08. The Labute approximate surface area is 122 Å². The van der Waals surface area contributed by atoms with Gasteiger partial charge in [0, 0.05) is 32.3 Å². The maximum atomic E-state index is 12.2. The zero-order valence-electron chi connectivity index (χ0n) is 12.0. The second-order valence-corrected chi connectivity index (χ2v) is 4.74. The first-order valence-corrected chi connectivity index (χ1v) is 6.56. The van der Waals surface area contributed by atoms with Crippen LogP contribution < -0.4 is 0 Å². The van der Waals surface area contributed by atoms with E-state index in [1.807, 2.05) is 30.3 Å². The summed E-state index contributed by atoms with van der Waals surface area (Å²) in [6.07, 6.45) is -0.736.